The topological polar surface area (TPSA) is 278 Å². The van der Waals surface area contributed by atoms with Crippen LogP contribution in [0.5, 0.6) is 0 Å². The van der Waals surface area contributed by atoms with Crippen molar-refractivity contribution in [1.29, 1.82) is 0 Å². The first kappa shape index (κ1) is 46.5. The number of pyridine rings is 2. The number of aromatic nitrogens is 2. The van der Waals surface area contributed by atoms with E-state index in [4.69, 9.17) is 10.2 Å². The molecule has 0 unspecified atom stereocenters. The van der Waals surface area contributed by atoms with Crippen LogP contribution >= 0.6 is 0 Å². The summed E-state index contributed by atoms with van der Waals surface area (Å²) in [6, 6.07) is 6.67. The van der Waals surface area contributed by atoms with Gasteiger partial charge < -0.3 is 41.7 Å². The van der Waals surface area contributed by atoms with Gasteiger partial charge in [-0.05, 0) is 88.6 Å². The van der Waals surface area contributed by atoms with Gasteiger partial charge >= 0.3 is 29.9 Å². The Kier molecular flexibility index (Phi) is 22.4. The van der Waals surface area contributed by atoms with Gasteiger partial charge in [0.15, 0.2) is 0 Å². The van der Waals surface area contributed by atoms with E-state index in [1.807, 2.05) is 36.4 Å². The molecular formula is C38H55N7O11. The third-order valence-corrected chi connectivity index (χ3v) is 8.73. The van der Waals surface area contributed by atoms with Gasteiger partial charge in [0.2, 0.25) is 11.8 Å². The van der Waals surface area contributed by atoms with Crippen molar-refractivity contribution in [3.63, 3.8) is 0 Å². The number of aliphatic carboxylic acids is 4. The van der Waals surface area contributed by atoms with E-state index < -0.39 is 54.5 Å². The molecule has 8 N–H and O–H groups in total. The smallest absolute Gasteiger partial charge is 0.326 e. The number of amides is 4. The second kappa shape index (κ2) is 27.0. The average Bonchev–Trinajstić information content (AvgIpc) is 3.15. The van der Waals surface area contributed by atoms with E-state index >= 15 is 0 Å². The lowest BCUT2D eigenvalue weighted by molar-refractivity contribution is -0.142. The molecule has 0 fully saturated rings. The minimum atomic E-state index is -1.50. The number of hydrogen-bond acceptors (Lipinski definition) is 10. The zero-order valence-corrected chi connectivity index (χ0v) is 31.6. The molecular weight excluding hydrogens is 730 g/mol. The van der Waals surface area contributed by atoms with Crippen LogP contribution in [0.2, 0.25) is 0 Å². The molecule has 0 spiro atoms. The zero-order chi connectivity index (χ0) is 41.1. The Balaban J connectivity index is 1.58. The highest BCUT2D eigenvalue weighted by Gasteiger charge is 2.25. The fraction of sp³-hybridized carbons (Fsp3) is 0.553. The van der Waals surface area contributed by atoms with Crippen LogP contribution in [0.15, 0.2) is 48.8 Å². The Morgan fingerprint density at radius 1 is 0.554 bits per heavy atom. The van der Waals surface area contributed by atoms with E-state index in [2.05, 4.69) is 36.1 Å². The van der Waals surface area contributed by atoms with Crippen molar-refractivity contribution < 1.29 is 54.0 Å². The van der Waals surface area contributed by atoms with E-state index in [1.165, 1.54) is 0 Å². The maximum atomic E-state index is 12.5. The Morgan fingerprint density at radius 3 is 1.55 bits per heavy atom. The highest BCUT2D eigenvalue weighted by Crippen LogP contribution is 2.12. The molecule has 2 aromatic rings. The number of urea groups is 1. The monoisotopic (exact) mass is 785 g/mol. The molecule has 4 amide bonds. The standard InChI is InChI=1S/C38H55N7O11/c46-32(41-23-11-7-15-30(36(52)53)43-38(56)44-31(37(54)55)19-20-34(48)49)17-3-1-2-4-18-33(47)42-29(35(50)51)16-8-12-24-45(25-27-13-5-9-21-39-27)26-28-14-6-10-22-40-28/h5-6,9-10,13-14,21-22,29-31H,1-4,7-8,11-12,15-20,23-26H2,(H,41,46)(H,42,47)(H,48,49)(H,50,51)(H,52,53)(H,54,55)(H2,43,44,56)/t29-,30-,31-/m0/s1. The van der Waals surface area contributed by atoms with Crippen molar-refractivity contribution in [2.24, 2.45) is 0 Å². The first-order valence-corrected chi connectivity index (χ1v) is 18.9. The minimum absolute atomic E-state index is 0.0194. The summed E-state index contributed by atoms with van der Waals surface area (Å²) in [4.78, 5) is 93.2. The average molecular weight is 786 g/mol. The largest absolute Gasteiger partial charge is 0.481 e. The van der Waals surface area contributed by atoms with Gasteiger partial charge in [0, 0.05) is 51.3 Å². The van der Waals surface area contributed by atoms with Crippen molar-refractivity contribution in [1.82, 2.24) is 36.1 Å². The Bertz CT molecular complexity index is 1490. The number of carboxylic acid groups (broad SMARTS) is 4. The number of nitrogens with zero attached hydrogens (tertiary/aromatic N) is 3. The summed E-state index contributed by atoms with van der Waals surface area (Å²) in [5.41, 5.74) is 1.85. The maximum Gasteiger partial charge on any atom is 0.326 e. The number of hydrogen-bond donors (Lipinski definition) is 8. The number of rotatable bonds is 30. The summed E-state index contributed by atoms with van der Waals surface area (Å²) in [6.45, 7) is 2.25. The summed E-state index contributed by atoms with van der Waals surface area (Å²) < 4.78 is 0. The van der Waals surface area contributed by atoms with Crippen LogP contribution in [-0.4, -0.2) is 108 Å². The van der Waals surface area contributed by atoms with E-state index in [9.17, 15) is 43.8 Å². The molecule has 2 heterocycles. The van der Waals surface area contributed by atoms with Crippen molar-refractivity contribution in [2.45, 2.75) is 121 Å². The van der Waals surface area contributed by atoms with Gasteiger partial charge in [-0.3, -0.25) is 29.3 Å². The second-order valence-electron chi connectivity index (χ2n) is 13.4. The summed E-state index contributed by atoms with van der Waals surface area (Å²) in [5, 5.41) is 46.6. The quantitative estimate of drug-likeness (QED) is 0.0529. The molecule has 2 rings (SSSR count). The highest BCUT2D eigenvalue weighted by atomic mass is 16.4. The molecule has 0 saturated heterocycles. The molecule has 0 aliphatic heterocycles. The van der Waals surface area contributed by atoms with Gasteiger partial charge in [-0.15, -0.1) is 0 Å². The predicted octanol–water partition coefficient (Wildman–Crippen LogP) is 2.92. The van der Waals surface area contributed by atoms with Crippen LogP contribution in [0, 0.1) is 0 Å². The molecule has 0 saturated carbocycles. The van der Waals surface area contributed by atoms with E-state index in [0.717, 1.165) is 17.8 Å². The van der Waals surface area contributed by atoms with Crippen molar-refractivity contribution in [3.8, 4) is 0 Å². The summed E-state index contributed by atoms with van der Waals surface area (Å²) in [6.07, 6.45) is 8.02. The number of carbonyl (C=O) groups is 7. The lowest BCUT2D eigenvalue weighted by atomic mass is 10.1. The van der Waals surface area contributed by atoms with Crippen LogP contribution in [0.1, 0.15) is 101 Å². The van der Waals surface area contributed by atoms with Gasteiger partial charge in [0.25, 0.3) is 0 Å². The van der Waals surface area contributed by atoms with Crippen molar-refractivity contribution in [3.05, 3.63) is 60.2 Å². The fourth-order valence-corrected chi connectivity index (χ4v) is 5.72. The molecule has 0 aliphatic carbocycles. The summed E-state index contributed by atoms with van der Waals surface area (Å²) in [5.74, 6) is -5.61. The maximum absolute atomic E-state index is 12.5. The van der Waals surface area contributed by atoms with Crippen LogP contribution in [0.4, 0.5) is 4.79 Å². The Morgan fingerprint density at radius 2 is 1.05 bits per heavy atom. The number of unbranched alkanes of at least 4 members (excludes halogenated alkanes) is 5. The van der Waals surface area contributed by atoms with Crippen LogP contribution < -0.4 is 21.3 Å². The highest BCUT2D eigenvalue weighted by molar-refractivity contribution is 5.86. The number of carboxylic acids is 4. The van der Waals surface area contributed by atoms with Gasteiger partial charge in [-0.2, -0.15) is 0 Å². The van der Waals surface area contributed by atoms with Gasteiger partial charge in [0.1, 0.15) is 18.1 Å². The molecule has 3 atom stereocenters. The van der Waals surface area contributed by atoms with Crippen LogP contribution in [0.3, 0.4) is 0 Å². The summed E-state index contributed by atoms with van der Waals surface area (Å²) in [7, 11) is 0. The number of carbonyl (C=O) groups excluding carboxylic acids is 3. The first-order chi connectivity index (χ1) is 26.8. The van der Waals surface area contributed by atoms with Gasteiger partial charge in [0.05, 0.1) is 11.4 Å². The van der Waals surface area contributed by atoms with Crippen LogP contribution in [-0.2, 0) is 41.9 Å². The van der Waals surface area contributed by atoms with Crippen molar-refractivity contribution in [2.75, 3.05) is 13.1 Å². The third-order valence-electron chi connectivity index (χ3n) is 8.73. The fourth-order valence-electron chi connectivity index (χ4n) is 5.72. The number of nitrogens with one attached hydrogen (secondary N) is 4. The molecule has 56 heavy (non-hydrogen) atoms. The van der Waals surface area contributed by atoms with E-state index in [0.29, 0.717) is 71.0 Å². The summed E-state index contributed by atoms with van der Waals surface area (Å²) >= 11 is 0. The Hall–Kier alpha value is -5.65. The molecule has 0 radical (unpaired) electrons. The molecule has 0 aliphatic rings. The van der Waals surface area contributed by atoms with Crippen molar-refractivity contribution >= 4 is 41.7 Å². The second-order valence-corrected chi connectivity index (χ2v) is 13.4. The van der Waals surface area contributed by atoms with E-state index in [-0.39, 0.29) is 44.0 Å². The Labute approximate surface area is 325 Å². The molecule has 18 heteroatoms. The van der Waals surface area contributed by atoms with Crippen LogP contribution in [0.25, 0.3) is 0 Å². The minimum Gasteiger partial charge on any atom is -0.481 e. The molecule has 0 aromatic carbocycles. The lowest BCUT2D eigenvalue weighted by Gasteiger charge is -2.22. The molecule has 2 aromatic heterocycles. The lowest BCUT2D eigenvalue weighted by Crippen LogP contribution is -2.51. The van der Waals surface area contributed by atoms with E-state index in [1.54, 1.807) is 12.4 Å². The predicted molar refractivity (Wildman–Crippen MR) is 202 cm³/mol. The molecule has 0 bridgehead atoms. The third kappa shape index (κ3) is 21.3. The van der Waals surface area contributed by atoms with Gasteiger partial charge in [-0.1, -0.05) is 25.0 Å². The SMILES string of the molecule is O=C(O)CC[C@H](NC(=O)N[C@@H](CCCCNC(=O)CCCCCCC(=O)N[C@@H](CCCCN(Cc1ccccn1)Cc1ccccn1)C(=O)O)C(=O)O)C(=O)O. The first-order valence-electron chi connectivity index (χ1n) is 18.9. The molecule has 308 valence electrons. The zero-order valence-electron chi connectivity index (χ0n) is 31.6. The van der Waals surface area contributed by atoms with Gasteiger partial charge in [-0.25, -0.2) is 19.2 Å². The molecule has 18 nitrogen and oxygen atoms in total. The normalized spacial score (nSPS) is 12.5.